The van der Waals surface area contributed by atoms with Crippen LogP contribution in [-0.4, -0.2) is 7.05 Å². The number of hydrogen-bond donors (Lipinski definition) is 1. The second-order valence-corrected chi connectivity index (χ2v) is 7.32. The molecule has 0 saturated heterocycles. The molecular formula is C15H16Cl3NS. The van der Waals surface area contributed by atoms with Gasteiger partial charge in [-0.3, -0.25) is 0 Å². The summed E-state index contributed by atoms with van der Waals surface area (Å²) >= 11 is 20.2. The van der Waals surface area contributed by atoms with Crippen molar-refractivity contribution in [2.75, 3.05) is 7.05 Å². The van der Waals surface area contributed by atoms with Crippen LogP contribution in [0, 0.1) is 5.92 Å². The van der Waals surface area contributed by atoms with Crippen LogP contribution in [0.15, 0.2) is 24.3 Å². The summed E-state index contributed by atoms with van der Waals surface area (Å²) in [6.07, 6.45) is 0. The molecule has 2 rings (SSSR count). The molecule has 1 heterocycles. The Bertz CT molecular complexity index is 584. The van der Waals surface area contributed by atoms with Crippen LogP contribution in [0.3, 0.4) is 0 Å². The Morgan fingerprint density at radius 3 is 2.15 bits per heavy atom. The van der Waals surface area contributed by atoms with Gasteiger partial charge < -0.3 is 5.32 Å². The van der Waals surface area contributed by atoms with Crippen molar-refractivity contribution in [3.05, 3.63) is 44.2 Å². The van der Waals surface area contributed by atoms with Crippen LogP contribution in [-0.2, 0) is 0 Å². The largest absolute Gasteiger partial charge is 0.312 e. The number of halogens is 3. The standard InChI is InChI=1S/C15H16Cl3NS/c1-8(2)15(19-3)13-5-4-12(20-13)14-10(17)6-9(16)7-11(14)18/h4-8,15,19H,1-3H3. The van der Waals surface area contributed by atoms with Crippen LogP contribution in [0.2, 0.25) is 15.1 Å². The first kappa shape index (κ1) is 16.1. The van der Waals surface area contributed by atoms with Crippen molar-refractivity contribution in [1.29, 1.82) is 0 Å². The van der Waals surface area contributed by atoms with E-state index >= 15 is 0 Å². The van der Waals surface area contributed by atoms with Gasteiger partial charge >= 0.3 is 0 Å². The van der Waals surface area contributed by atoms with Crippen molar-refractivity contribution < 1.29 is 0 Å². The summed E-state index contributed by atoms with van der Waals surface area (Å²) in [6, 6.07) is 7.97. The Hall–Kier alpha value is -0.250. The summed E-state index contributed by atoms with van der Waals surface area (Å²) in [7, 11) is 1.98. The molecule has 1 aromatic carbocycles. The Morgan fingerprint density at radius 2 is 1.65 bits per heavy atom. The van der Waals surface area contributed by atoms with E-state index in [4.69, 9.17) is 34.8 Å². The average Bonchev–Trinajstić information content (AvgIpc) is 2.77. The zero-order chi connectivity index (χ0) is 14.9. The molecule has 0 spiro atoms. The summed E-state index contributed by atoms with van der Waals surface area (Å²) in [5.41, 5.74) is 0.854. The molecule has 1 unspecified atom stereocenters. The van der Waals surface area contributed by atoms with E-state index in [1.54, 1.807) is 23.5 Å². The highest BCUT2D eigenvalue weighted by Gasteiger charge is 2.18. The molecule has 0 aliphatic rings. The smallest absolute Gasteiger partial charge is 0.0522 e. The van der Waals surface area contributed by atoms with E-state index in [1.165, 1.54) is 4.88 Å². The van der Waals surface area contributed by atoms with Gasteiger partial charge in [-0.1, -0.05) is 48.7 Å². The first-order chi connectivity index (χ1) is 9.43. The normalized spacial score (nSPS) is 12.9. The maximum Gasteiger partial charge on any atom is 0.0522 e. The predicted octanol–water partition coefficient (Wildman–Crippen LogP) is 6.29. The van der Waals surface area contributed by atoms with E-state index in [1.807, 2.05) is 7.05 Å². The number of hydrogen-bond acceptors (Lipinski definition) is 2. The average molecular weight is 349 g/mol. The molecule has 0 amide bonds. The Labute approximate surface area is 138 Å². The summed E-state index contributed by atoms with van der Waals surface area (Å²) in [5.74, 6) is 0.516. The van der Waals surface area contributed by atoms with Gasteiger partial charge in [0.2, 0.25) is 0 Å². The van der Waals surface area contributed by atoms with Crippen LogP contribution in [0.25, 0.3) is 10.4 Å². The van der Waals surface area contributed by atoms with Gasteiger partial charge in [0, 0.05) is 26.4 Å². The molecule has 0 bridgehead atoms. The zero-order valence-electron chi connectivity index (χ0n) is 11.5. The fourth-order valence-electron chi connectivity index (χ4n) is 2.24. The first-order valence-corrected chi connectivity index (χ1v) is 8.31. The summed E-state index contributed by atoms with van der Waals surface area (Å²) in [6.45, 7) is 4.39. The minimum Gasteiger partial charge on any atom is -0.312 e. The van der Waals surface area contributed by atoms with Gasteiger partial charge in [-0.25, -0.2) is 0 Å². The van der Waals surface area contributed by atoms with E-state index in [0.29, 0.717) is 27.0 Å². The van der Waals surface area contributed by atoms with Crippen molar-refractivity contribution in [3.63, 3.8) is 0 Å². The SMILES string of the molecule is CNC(c1ccc(-c2c(Cl)cc(Cl)cc2Cl)s1)C(C)C. The van der Waals surface area contributed by atoms with Gasteiger partial charge in [-0.2, -0.15) is 0 Å². The van der Waals surface area contributed by atoms with Gasteiger partial charge in [-0.05, 0) is 37.2 Å². The van der Waals surface area contributed by atoms with Crippen molar-refractivity contribution in [2.45, 2.75) is 19.9 Å². The van der Waals surface area contributed by atoms with Crippen LogP contribution < -0.4 is 5.32 Å². The minimum absolute atomic E-state index is 0.332. The Balaban J connectivity index is 2.43. The first-order valence-electron chi connectivity index (χ1n) is 6.36. The lowest BCUT2D eigenvalue weighted by Gasteiger charge is -2.18. The predicted molar refractivity (Wildman–Crippen MR) is 91.4 cm³/mol. The van der Waals surface area contributed by atoms with E-state index in [9.17, 15) is 0 Å². The van der Waals surface area contributed by atoms with Gasteiger partial charge in [0.25, 0.3) is 0 Å². The third kappa shape index (κ3) is 3.32. The third-order valence-electron chi connectivity index (χ3n) is 3.16. The number of nitrogens with one attached hydrogen (secondary N) is 1. The van der Waals surface area contributed by atoms with E-state index in [0.717, 1.165) is 10.4 Å². The molecule has 2 aromatic rings. The minimum atomic E-state index is 0.332. The lowest BCUT2D eigenvalue weighted by Crippen LogP contribution is -2.20. The van der Waals surface area contributed by atoms with Crippen LogP contribution >= 0.6 is 46.1 Å². The van der Waals surface area contributed by atoms with Gasteiger partial charge in [0.1, 0.15) is 0 Å². The molecule has 20 heavy (non-hydrogen) atoms. The van der Waals surface area contributed by atoms with E-state index in [-0.39, 0.29) is 0 Å². The highest BCUT2D eigenvalue weighted by Crippen LogP contribution is 2.42. The van der Waals surface area contributed by atoms with Gasteiger partial charge in [0.05, 0.1) is 10.0 Å². The molecule has 1 aromatic heterocycles. The molecule has 0 radical (unpaired) electrons. The molecule has 0 saturated carbocycles. The third-order valence-corrected chi connectivity index (χ3v) is 5.16. The van der Waals surface area contributed by atoms with E-state index in [2.05, 4.69) is 31.3 Å². The van der Waals surface area contributed by atoms with Crippen LogP contribution in [0.1, 0.15) is 24.8 Å². The van der Waals surface area contributed by atoms with Gasteiger partial charge in [0.15, 0.2) is 0 Å². The molecule has 1 nitrogen and oxygen atoms in total. The number of thiophene rings is 1. The molecule has 108 valence electrons. The molecule has 1 N–H and O–H groups in total. The summed E-state index contributed by atoms with van der Waals surface area (Å²) in [5, 5.41) is 5.07. The maximum atomic E-state index is 6.28. The second-order valence-electron chi connectivity index (χ2n) is 4.96. The van der Waals surface area contributed by atoms with Crippen molar-refractivity contribution in [3.8, 4) is 10.4 Å². The number of rotatable bonds is 4. The molecule has 1 atom stereocenters. The molecular weight excluding hydrogens is 333 g/mol. The van der Waals surface area contributed by atoms with E-state index < -0.39 is 0 Å². The molecule has 0 aliphatic carbocycles. The maximum absolute atomic E-state index is 6.28. The zero-order valence-corrected chi connectivity index (χ0v) is 14.6. The van der Waals surface area contributed by atoms with Crippen molar-refractivity contribution in [2.24, 2.45) is 5.92 Å². The van der Waals surface area contributed by atoms with Gasteiger partial charge in [-0.15, -0.1) is 11.3 Å². The fourth-order valence-corrected chi connectivity index (χ4v) is 4.73. The lowest BCUT2D eigenvalue weighted by molar-refractivity contribution is 0.449. The van der Waals surface area contributed by atoms with Crippen molar-refractivity contribution >= 4 is 46.1 Å². The fraction of sp³-hybridized carbons (Fsp3) is 0.333. The highest BCUT2D eigenvalue weighted by atomic mass is 35.5. The Kier molecular flexibility index (Phi) is 5.38. The van der Waals surface area contributed by atoms with Crippen molar-refractivity contribution in [1.82, 2.24) is 5.32 Å². The lowest BCUT2D eigenvalue weighted by atomic mass is 10.0. The molecule has 0 aliphatic heterocycles. The Morgan fingerprint density at radius 1 is 1.05 bits per heavy atom. The summed E-state index contributed by atoms with van der Waals surface area (Å²) < 4.78 is 0. The number of benzene rings is 1. The summed E-state index contributed by atoms with van der Waals surface area (Å²) in [4.78, 5) is 2.34. The highest BCUT2D eigenvalue weighted by molar-refractivity contribution is 7.15. The van der Waals surface area contributed by atoms with Crippen LogP contribution in [0.4, 0.5) is 0 Å². The quantitative estimate of drug-likeness (QED) is 0.684. The second kappa shape index (κ2) is 6.67. The monoisotopic (exact) mass is 347 g/mol. The molecule has 0 fully saturated rings. The molecule has 5 heteroatoms. The van der Waals surface area contributed by atoms with Crippen LogP contribution in [0.5, 0.6) is 0 Å². The topological polar surface area (TPSA) is 12.0 Å².